The Balaban J connectivity index is 0.000000956. The van der Waals surface area contributed by atoms with E-state index in [1.165, 1.54) is 0 Å². The van der Waals surface area contributed by atoms with Crippen LogP contribution in [-0.2, 0) is 4.74 Å². The number of nitrogens with zero attached hydrogens (tertiary/aromatic N) is 2. The van der Waals surface area contributed by atoms with Crippen molar-refractivity contribution in [3.8, 4) is 0 Å². The van der Waals surface area contributed by atoms with Gasteiger partial charge in [0.25, 0.3) is 0 Å². The molecular weight excluding hydrogens is 304 g/mol. The van der Waals surface area contributed by atoms with E-state index in [4.69, 9.17) is 20.2 Å². The van der Waals surface area contributed by atoms with Gasteiger partial charge in [-0.1, -0.05) is 0 Å². The third-order valence-electron chi connectivity index (χ3n) is 2.66. The second kappa shape index (κ2) is 6.41. The number of aliphatic hydroxyl groups excluding tert-OH is 2. The van der Waals surface area contributed by atoms with Crippen LogP contribution >= 0.6 is 11.9 Å². The number of halogens is 3. The highest BCUT2D eigenvalue weighted by Gasteiger charge is 2.59. The standard InChI is InChI=1S/C9H11F2N3O4.ClHO/c10-9(11)6(16)4(3-15)18-7(9)14-2-1-5(12)13-8(14)17;1-2/h1-2,4,6-7,15-16H,3H2,(H2,12,13,17);2H/t4-,6-,7-;/m1./s1. The number of nitrogen functional groups attached to an aromatic ring is 1. The van der Waals surface area contributed by atoms with Crippen molar-refractivity contribution >= 4 is 17.7 Å². The quantitative estimate of drug-likeness (QED) is 0.541. The lowest BCUT2D eigenvalue weighted by Gasteiger charge is -2.20. The van der Waals surface area contributed by atoms with Crippen LogP contribution in [-0.4, -0.2) is 49.2 Å². The summed E-state index contributed by atoms with van der Waals surface area (Å²) in [7, 11) is 0. The summed E-state index contributed by atoms with van der Waals surface area (Å²) in [4.78, 5) is 14.7. The van der Waals surface area contributed by atoms with Crippen LogP contribution in [0.5, 0.6) is 0 Å². The van der Waals surface area contributed by atoms with Gasteiger partial charge in [-0.3, -0.25) is 9.23 Å². The van der Waals surface area contributed by atoms with Crippen LogP contribution in [0.3, 0.4) is 0 Å². The molecule has 0 amide bonds. The van der Waals surface area contributed by atoms with E-state index >= 15 is 0 Å². The smallest absolute Gasteiger partial charge is 0.351 e. The Labute approximate surface area is 116 Å². The molecule has 0 radical (unpaired) electrons. The molecule has 0 aromatic carbocycles. The Morgan fingerprint density at radius 3 is 2.60 bits per heavy atom. The van der Waals surface area contributed by atoms with Gasteiger partial charge >= 0.3 is 11.6 Å². The average Bonchev–Trinajstić information content (AvgIpc) is 2.64. The average molecular weight is 316 g/mol. The van der Waals surface area contributed by atoms with Crippen LogP contribution in [0.1, 0.15) is 6.23 Å². The molecule has 0 unspecified atom stereocenters. The summed E-state index contributed by atoms with van der Waals surface area (Å²) in [6.45, 7) is -0.787. The Bertz CT molecular complexity index is 515. The summed E-state index contributed by atoms with van der Waals surface area (Å²) in [5, 5.41) is 18.1. The molecule has 0 saturated carbocycles. The highest BCUT2D eigenvalue weighted by molar-refractivity contribution is 6.04. The fraction of sp³-hybridized carbons (Fsp3) is 0.556. The molecule has 1 aromatic rings. The van der Waals surface area contributed by atoms with Crippen LogP contribution in [0.15, 0.2) is 17.1 Å². The number of anilines is 1. The lowest BCUT2D eigenvalue weighted by molar-refractivity contribution is -0.140. The van der Waals surface area contributed by atoms with E-state index in [9.17, 15) is 18.7 Å². The predicted molar refractivity (Wildman–Crippen MR) is 62.9 cm³/mol. The maximum absolute atomic E-state index is 13.7. The molecule has 1 aliphatic heterocycles. The van der Waals surface area contributed by atoms with Crippen molar-refractivity contribution in [2.45, 2.75) is 24.4 Å². The first-order valence-corrected chi connectivity index (χ1v) is 5.55. The summed E-state index contributed by atoms with van der Waals surface area (Å²) >= 11 is 3.64. The Kier molecular flexibility index (Phi) is 5.36. The number of nitrogens with two attached hydrogens (primary N) is 1. The summed E-state index contributed by atoms with van der Waals surface area (Å²) in [5.74, 6) is -3.83. The summed E-state index contributed by atoms with van der Waals surface area (Å²) in [5.41, 5.74) is 4.21. The number of hydrogen-bond acceptors (Lipinski definition) is 7. The number of alkyl halides is 2. The summed E-state index contributed by atoms with van der Waals surface area (Å²) in [6.07, 6.45) is -4.69. The van der Waals surface area contributed by atoms with Crippen molar-refractivity contribution in [3.05, 3.63) is 22.7 Å². The van der Waals surface area contributed by atoms with E-state index in [-0.39, 0.29) is 5.82 Å². The van der Waals surface area contributed by atoms with Crippen molar-refractivity contribution in [2.75, 3.05) is 12.3 Å². The van der Waals surface area contributed by atoms with Crippen molar-refractivity contribution in [3.63, 3.8) is 0 Å². The van der Waals surface area contributed by atoms with E-state index in [0.717, 1.165) is 12.3 Å². The summed E-state index contributed by atoms with van der Waals surface area (Å²) < 4.78 is 39.2. The second-order valence-electron chi connectivity index (χ2n) is 3.87. The van der Waals surface area contributed by atoms with E-state index in [2.05, 4.69) is 16.9 Å². The Morgan fingerprint density at radius 2 is 2.15 bits per heavy atom. The first-order valence-electron chi connectivity index (χ1n) is 5.21. The molecule has 1 aliphatic rings. The molecule has 1 saturated heterocycles. The number of hydrogen-bond donors (Lipinski definition) is 4. The van der Waals surface area contributed by atoms with Crippen LogP contribution in [0.2, 0.25) is 0 Å². The van der Waals surface area contributed by atoms with Crippen LogP contribution in [0.4, 0.5) is 14.6 Å². The first kappa shape index (κ1) is 16.7. The maximum atomic E-state index is 13.7. The van der Waals surface area contributed by atoms with E-state index in [1.54, 1.807) is 0 Å². The largest absolute Gasteiger partial charge is 0.394 e. The molecular formula is C9H12ClF2N3O5. The minimum atomic E-state index is -3.71. The predicted octanol–water partition coefficient (Wildman–Crippen LogP) is -1.16. The van der Waals surface area contributed by atoms with Crippen molar-refractivity contribution in [1.29, 1.82) is 0 Å². The molecule has 114 valence electrons. The SMILES string of the molecule is Nc1ccn([C@@H]2O[C@H](CO)[C@@H](O)C2(F)F)c(=O)n1.OCl. The van der Waals surface area contributed by atoms with Crippen molar-refractivity contribution < 1.29 is 28.4 Å². The summed E-state index contributed by atoms with van der Waals surface area (Å²) in [6, 6.07) is 1.15. The van der Waals surface area contributed by atoms with Gasteiger partial charge in [0.2, 0.25) is 6.23 Å². The Hall–Kier alpha value is -1.33. The maximum Gasteiger partial charge on any atom is 0.351 e. The van der Waals surface area contributed by atoms with Gasteiger partial charge in [0.15, 0.2) is 6.10 Å². The van der Waals surface area contributed by atoms with Gasteiger partial charge in [0.05, 0.1) is 18.5 Å². The van der Waals surface area contributed by atoms with Crippen molar-refractivity contribution in [2.24, 2.45) is 0 Å². The monoisotopic (exact) mass is 315 g/mol. The van der Waals surface area contributed by atoms with E-state index in [1.807, 2.05) is 0 Å². The Morgan fingerprint density at radius 1 is 1.55 bits per heavy atom. The number of aromatic nitrogens is 2. The van der Waals surface area contributed by atoms with Crippen molar-refractivity contribution in [1.82, 2.24) is 9.55 Å². The molecule has 20 heavy (non-hydrogen) atoms. The molecule has 2 rings (SSSR count). The lowest BCUT2D eigenvalue weighted by atomic mass is 10.1. The van der Waals surface area contributed by atoms with Gasteiger partial charge < -0.3 is 20.7 Å². The number of aliphatic hydroxyl groups is 2. The number of ether oxygens (including phenoxy) is 1. The zero-order chi connectivity index (χ0) is 15.5. The molecule has 0 aliphatic carbocycles. The molecule has 2 heterocycles. The van der Waals surface area contributed by atoms with E-state index in [0.29, 0.717) is 4.57 Å². The van der Waals surface area contributed by atoms with Gasteiger partial charge in [-0.05, 0) is 6.07 Å². The van der Waals surface area contributed by atoms with Crippen LogP contribution in [0, 0.1) is 0 Å². The fourth-order valence-corrected chi connectivity index (χ4v) is 1.72. The molecule has 0 spiro atoms. The molecule has 0 bridgehead atoms. The molecule has 8 nitrogen and oxygen atoms in total. The van der Waals surface area contributed by atoms with Crippen LogP contribution < -0.4 is 11.4 Å². The normalized spacial score (nSPS) is 27.8. The minimum Gasteiger partial charge on any atom is -0.394 e. The van der Waals surface area contributed by atoms with Gasteiger partial charge in [0, 0.05) is 6.20 Å². The third kappa shape index (κ3) is 2.88. The van der Waals surface area contributed by atoms with Gasteiger partial charge in [0.1, 0.15) is 11.9 Å². The van der Waals surface area contributed by atoms with Gasteiger partial charge in [-0.25, -0.2) is 4.79 Å². The van der Waals surface area contributed by atoms with Gasteiger partial charge in [-0.2, -0.15) is 13.8 Å². The number of rotatable bonds is 2. The van der Waals surface area contributed by atoms with Crippen LogP contribution in [0.25, 0.3) is 0 Å². The lowest BCUT2D eigenvalue weighted by Crippen LogP contribution is -2.41. The topological polar surface area (TPSA) is 131 Å². The third-order valence-corrected chi connectivity index (χ3v) is 2.66. The second-order valence-corrected chi connectivity index (χ2v) is 3.87. The molecule has 1 fully saturated rings. The molecule has 1 aromatic heterocycles. The zero-order valence-electron chi connectivity index (χ0n) is 9.86. The molecule has 11 heteroatoms. The first-order chi connectivity index (χ1) is 9.37. The highest BCUT2D eigenvalue weighted by atomic mass is 35.5. The fourth-order valence-electron chi connectivity index (χ4n) is 1.72. The molecule has 3 atom stereocenters. The zero-order valence-corrected chi connectivity index (χ0v) is 10.6. The van der Waals surface area contributed by atoms with E-state index < -0.39 is 36.7 Å². The van der Waals surface area contributed by atoms with Gasteiger partial charge in [-0.15, -0.1) is 0 Å². The highest BCUT2D eigenvalue weighted by Crippen LogP contribution is 2.41. The molecule has 5 N–H and O–H groups in total. The minimum absolute atomic E-state index is 0.114.